The second kappa shape index (κ2) is 6.51. The van der Waals surface area contributed by atoms with Crippen LogP contribution in [0, 0.1) is 0 Å². The number of hydrogen-bond donors (Lipinski definition) is 0. The Balaban J connectivity index is 2.68. The zero-order valence-electron chi connectivity index (χ0n) is 9.95. The summed E-state index contributed by atoms with van der Waals surface area (Å²) in [5.41, 5.74) is 1.18. The largest absolute Gasteiger partial charge is 0.492 e. The molecule has 0 bridgehead atoms. The number of hydrogen-bond acceptors (Lipinski definition) is 3. The van der Waals surface area contributed by atoms with Crippen LogP contribution < -0.4 is 0 Å². The molecule has 0 aliphatic carbocycles. The van der Waals surface area contributed by atoms with Gasteiger partial charge in [-0.05, 0) is 26.8 Å². The minimum Gasteiger partial charge on any atom is -0.492 e. The molecule has 86 valence electrons. The quantitative estimate of drug-likeness (QED) is 0.525. The molecule has 15 heavy (non-hydrogen) atoms. The summed E-state index contributed by atoms with van der Waals surface area (Å²) in [6.45, 7) is 10.3. The third-order valence-electron chi connectivity index (χ3n) is 2.44. The molecule has 0 aromatic rings. The molecule has 0 spiro atoms. The summed E-state index contributed by atoms with van der Waals surface area (Å²) < 4.78 is 10.9. The van der Waals surface area contributed by atoms with Crippen molar-refractivity contribution < 1.29 is 9.47 Å². The Labute approximate surface area is 92.4 Å². The Kier molecular flexibility index (Phi) is 5.26. The van der Waals surface area contributed by atoms with Crippen LogP contribution in [0.4, 0.5) is 0 Å². The molecule has 0 amide bonds. The summed E-state index contributed by atoms with van der Waals surface area (Å²) >= 11 is 0. The van der Waals surface area contributed by atoms with Gasteiger partial charge in [0.15, 0.2) is 0 Å². The number of morpholine rings is 1. The van der Waals surface area contributed by atoms with E-state index in [0.717, 1.165) is 32.1 Å². The molecule has 1 rings (SSSR count). The van der Waals surface area contributed by atoms with E-state index in [-0.39, 0.29) is 0 Å². The van der Waals surface area contributed by atoms with Gasteiger partial charge in [-0.2, -0.15) is 0 Å². The maximum absolute atomic E-state index is 5.61. The minimum absolute atomic E-state index is 0.710. The average Bonchev–Trinajstić information content (AvgIpc) is 2.30. The molecule has 1 heterocycles. The van der Waals surface area contributed by atoms with Crippen LogP contribution in [0.5, 0.6) is 0 Å². The molecule has 3 heteroatoms. The van der Waals surface area contributed by atoms with E-state index >= 15 is 0 Å². The molecule has 0 N–H and O–H groups in total. The summed E-state index contributed by atoms with van der Waals surface area (Å²) in [6.07, 6.45) is 4.13. The first-order chi connectivity index (χ1) is 7.33. The fourth-order valence-electron chi connectivity index (χ4n) is 1.75. The zero-order valence-corrected chi connectivity index (χ0v) is 9.95. The van der Waals surface area contributed by atoms with Gasteiger partial charge in [-0.1, -0.05) is 6.08 Å². The van der Waals surface area contributed by atoms with E-state index in [4.69, 9.17) is 9.47 Å². The third-order valence-corrected chi connectivity index (χ3v) is 2.44. The molecule has 0 unspecified atom stereocenters. The van der Waals surface area contributed by atoms with Crippen molar-refractivity contribution in [1.29, 1.82) is 0 Å². The van der Waals surface area contributed by atoms with Gasteiger partial charge in [0.25, 0.3) is 0 Å². The lowest BCUT2D eigenvalue weighted by Crippen LogP contribution is -2.36. The van der Waals surface area contributed by atoms with Crippen molar-refractivity contribution in [3.05, 3.63) is 23.6 Å². The van der Waals surface area contributed by atoms with Gasteiger partial charge in [0.1, 0.15) is 5.76 Å². The molecule has 0 aromatic heterocycles. The highest BCUT2D eigenvalue weighted by molar-refractivity contribution is 5.24. The standard InChI is InChI=1S/C12H21NO2/c1-4-11(12(5-2)15-6-3)13-7-9-14-10-8-13/h4-5H,6-10H2,1-3H3. The molecule has 0 radical (unpaired) electrons. The minimum atomic E-state index is 0.710. The molecular weight excluding hydrogens is 190 g/mol. The lowest BCUT2D eigenvalue weighted by atomic mass is 10.2. The number of nitrogens with zero attached hydrogens (tertiary/aromatic N) is 1. The Morgan fingerprint density at radius 2 is 1.93 bits per heavy atom. The van der Waals surface area contributed by atoms with Crippen molar-refractivity contribution in [1.82, 2.24) is 4.90 Å². The second-order valence-electron chi connectivity index (χ2n) is 3.36. The average molecular weight is 211 g/mol. The zero-order chi connectivity index (χ0) is 11.1. The van der Waals surface area contributed by atoms with Crippen molar-refractivity contribution in [3.63, 3.8) is 0 Å². The first-order valence-corrected chi connectivity index (χ1v) is 5.62. The van der Waals surface area contributed by atoms with Crippen LogP contribution in [-0.2, 0) is 9.47 Å². The van der Waals surface area contributed by atoms with Crippen molar-refractivity contribution in [3.8, 4) is 0 Å². The van der Waals surface area contributed by atoms with E-state index in [1.54, 1.807) is 0 Å². The molecular formula is C12H21NO2. The van der Waals surface area contributed by atoms with E-state index in [2.05, 4.69) is 11.0 Å². The van der Waals surface area contributed by atoms with E-state index in [1.165, 1.54) is 5.70 Å². The summed E-state index contributed by atoms with van der Waals surface area (Å²) in [5, 5.41) is 0. The molecule has 1 fully saturated rings. The van der Waals surface area contributed by atoms with Crippen molar-refractivity contribution in [2.24, 2.45) is 0 Å². The normalized spacial score (nSPS) is 19.3. The summed E-state index contributed by atoms with van der Waals surface area (Å²) in [4.78, 5) is 2.31. The maximum atomic E-state index is 5.61. The Morgan fingerprint density at radius 3 is 2.40 bits per heavy atom. The molecule has 3 nitrogen and oxygen atoms in total. The predicted octanol–water partition coefficient (Wildman–Crippen LogP) is 2.16. The van der Waals surface area contributed by atoms with E-state index in [0.29, 0.717) is 6.61 Å². The SMILES string of the molecule is CC=C(OCC)C(=CC)N1CCOCC1. The Morgan fingerprint density at radius 1 is 1.27 bits per heavy atom. The van der Waals surface area contributed by atoms with Crippen molar-refractivity contribution in [2.75, 3.05) is 32.9 Å². The summed E-state index contributed by atoms with van der Waals surface area (Å²) in [6, 6.07) is 0. The number of rotatable bonds is 4. The first-order valence-electron chi connectivity index (χ1n) is 5.62. The fraction of sp³-hybridized carbons (Fsp3) is 0.667. The van der Waals surface area contributed by atoms with Crippen LogP contribution >= 0.6 is 0 Å². The highest BCUT2D eigenvalue weighted by Crippen LogP contribution is 2.17. The van der Waals surface area contributed by atoms with Crippen LogP contribution in [0.2, 0.25) is 0 Å². The maximum Gasteiger partial charge on any atom is 0.137 e. The highest BCUT2D eigenvalue weighted by Gasteiger charge is 2.16. The van der Waals surface area contributed by atoms with Gasteiger partial charge in [-0.3, -0.25) is 0 Å². The summed E-state index contributed by atoms with van der Waals surface area (Å²) in [7, 11) is 0. The molecule has 0 saturated carbocycles. The Hall–Kier alpha value is -0.960. The number of allylic oxidation sites excluding steroid dienone is 2. The topological polar surface area (TPSA) is 21.7 Å². The highest BCUT2D eigenvalue weighted by atomic mass is 16.5. The van der Waals surface area contributed by atoms with Crippen LogP contribution in [0.15, 0.2) is 23.6 Å². The van der Waals surface area contributed by atoms with Crippen LogP contribution in [0.1, 0.15) is 20.8 Å². The fourth-order valence-corrected chi connectivity index (χ4v) is 1.75. The predicted molar refractivity (Wildman–Crippen MR) is 61.5 cm³/mol. The van der Waals surface area contributed by atoms with Crippen LogP contribution in [0.3, 0.4) is 0 Å². The van der Waals surface area contributed by atoms with Gasteiger partial charge in [0.05, 0.1) is 25.5 Å². The van der Waals surface area contributed by atoms with Crippen molar-refractivity contribution in [2.45, 2.75) is 20.8 Å². The second-order valence-corrected chi connectivity index (χ2v) is 3.36. The smallest absolute Gasteiger partial charge is 0.137 e. The molecule has 0 aromatic carbocycles. The number of ether oxygens (including phenoxy) is 2. The van der Waals surface area contributed by atoms with Crippen molar-refractivity contribution >= 4 is 0 Å². The summed E-state index contributed by atoms with van der Waals surface area (Å²) in [5.74, 6) is 0.974. The monoisotopic (exact) mass is 211 g/mol. The van der Waals surface area contributed by atoms with E-state index < -0.39 is 0 Å². The van der Waals surface area contributed by atoms with E-state index in [9.17, 15) is 0 Å². The lowest BCUT2D eigenvalue weighted by Gasteiger charge is -2.31. The molecule has 1 saturated heterocycles. The van der Waals surface area contributed by atoms with Gasteiger partial charge in [-0.15, -0.1) is 0 Å². The van der Waals surface area contributed by atoms with Gasteiger partial charge in [0.2, 0.25) is 0 Å². The third kappa shape index (κ3) is 3.27. The van der Waals surface area contributed by atoms with Gasteiger partial charge >= 0.3 is 0 Å². The van der Waals surface area contributed by atoms with Crippen LogP contribution in [-0.4, -0.2) is 37.8 Å². The molecule has 0 atom stereocenters. The van der Waals surface area contributed by atoms with E-state index in [1.807, 2.05) is 26.8 Å². The van der Waals surface area contributed by atoms with Gasteiger partial charge < -0.3 is 14.4 Å². The first kappa shape index (κ1) is 12.1. The Bertz CT molecular complexity index is 240. The lowest BCUT2D eigenvalue weighted by molar-refractivity contribution is 0.0500. The molecule has 1 aliphatic heterocycles. The van der Waals surface area contributed by atoms with Gasteiger partial charge in [0, 0.05) is 13.1 Å². The molecule has 1 aliphatic rings. The van der Waals surface area contributed by atoms with Gasteiger partial charge in [-0.25, -0.2) is 0 Å². The van der Waals surface area contributed by atoms with Crippen LogP contribution in [0.25, 0.3) is 0 Å².